The van der Waals surface area contributed by atoms with Crippen LogP contribution in [0.5, 0.6) is 11.5 Å². The Kier molecular flexibility index (Phi) is 2.57. The molecule has 118 valence electrons. The highest BCUT2D eigenvalue weighted by molar-refractivity contribution is 5.74. The number of rotatable bonds is 0. The van der Waals surface area contributed by atoms with Gasteiger partial charge in [-0.05, 0) is 43.7 Å². The lowest BCUT2D eigenvalue weighted by molar-refractivity contribution is 0.0580. The van der Waals surface area contributed by atoms with Crippen molar-refractivity contribution < 1.29 is 9.84 Å². The normalized spacial score (nSPS) is 23.5. The van der Waals surface area contributed by atoms with Gasteiger partial charge in [-0.3, -0.25) is 0 Å². The molecule has 0 aliphatic carbocycles. The predicted molar refractivity (Wildman–Crippen MR) is 92.8 cm³/mol. The third-order valence-electron chi connectivity index (χ3n) is 5.25. The molecule has 0 saturated carbocycles. The van der Waals surface area contributed by atoms with Gasteiger partial charge in [-0.15, -0.1) is 0 Å². The number of nitrogens with two attached hydrogens (primary N) is 1. The van der Waals surface area contributed by atoms with Crippen molar-refractivity contribution in [1.82, 2.24) is 0 Å². The van der Waals surface area contributed by atoms with Gasteiger partial charge in [0, 0.05) is 24.4 Å². The van der Waals surface area contributed by atoms with Gasteiger partial charge < -0.3 is 20.5 Å². The first-order valence-corrected chi connectivity index (χ1v) is 7.71. The third kappa shape index (κ3) is 1.61. The smallest absolute Gasteiger partial charge is 0.211 e. The number of phenols is 1. The second kappa shape index (κ2) is 4.22. The molecule has 0 fully saturated rings. The lowest BCUT2D eigenvalue weighted by Crippen LogP contribution is -2.58. The summed E-state index contributed by atoms with van der Waals surface area (Å²) in [6.07, 6.45) is 4.12. The standard InChI is InChI=1S/C19H20N2O2/c1-18(2)13-6-4-5-7-15(13)21(3)19(18)9-8-12-10-14(20)16(22)11-17(12)23-19/h4-11,22H,20H2,1-3H3. The van der Waals surface area contributed by atoms with Crippen LogP contribution in [0.3, 0.4) is 0 Å². The van der Waals surface area contributed by atoms with Gasteiger partial charge >= 0.3 is 0 Å². The van der Waals surface area contributed by atoms with Gasteiger partial charge in [0.05, 0.1) is 11.1 Å². The van der Waals surface area contributed by atoms with E-state index >= 15 is 0 Å². The van der Waals surface area contributed by atoms with Crippen LogP contribution >= 0.6 is 0 Å². The van der Waals surface area contributed by atoms with Crippen molar-refractivity contribution in [1.29, 1.82) is 0 Å². The fourth-order valence-corrected chi connectivity index (χ4v) is 3.83. The summed E-state index contributed by atoms with van der Waals surface area (Å²) in [6.45, 7) is 4.36. The van der Waals surface area contributed by atoms with Crippen LogP contribution in [0.25, 0.3) is 6.08 Å². The zero-order valence-corrected chi connectivity index (χ0v) is 13.5. The van der Waals surface area contributed by atoms with Gasteiger partial charge in [0.15, 0.2) is 0 Å². The summed E-state index contributed by atoms with van der Waals surface area (Å²) >= 11 is 0. The molecule has 0 aromatic heterocycles. The minimum atomic E-state index is -0.633. The fourth-order valence-electron chi connectivity index (χ4n) is 3.83. The Morgan fingerprint density at radius 3 is 2.65 bits per heavy atom. The Morgan fingerprint density at radius 1 is 1.17 bits per heavy atom. The molecule has 4 nitrogen and oxygen atoms in total. The van der Waals surface area contributed by atoms with E-state index in [-0.39, 0.29) is 11.2 Å². The highest BCUT2D eigenvalue weighted by Crippen LogP contribution is 2.54. The molecule has 1 unspecified atom stereocenters. The van der Waals surface area contributed by atoms with Crippen molar-refractivity contribution in [2.75, 3.05) is 17.7 Å². The molecule has 0 bridgehead atoms. The summed E-state index contributed by atoms with van der Waals surface area (Å²) in [5.41, 5.74) is 8.55. The molecule has 1 atom stereocenters. The third-order valence-corrected chi connectivity index (χ3v) is 5.25. The van der Waals surface area contributed by atoms with E-state index in [4.69, 9.17) is 10.5 Å². The second-order valence-electron chi connectivity index (χ2n) is 6.78. The van der Waals surface area contributed by atoms with Crippen molar-refractivity contribution in [2.45, 2.75) is 25.0 Å². The first-order valence-electron chi connectivity index (χ1n) is 7.71. The van der Waals surface area contributed by atoms with E-state index in [0.717, 1.165) is 11.3 Å². The minimum Gasteiger partial charge on any atom is -0.506 e. The van der Waals surface area contributed by atoms with E-state index in [1.54, 1.807) is 12.1 Å². The van der Waals surface area contributed by atoms with Gasteiger partial charge in [0.25, 0.3) is 0 Å². The van der Waals surface area contributed by atoms with Crippen LogP contribution < -0.4 is 15.4 Å². The van der Waals surface area contributed by atoms with Crippen LogP contribution in [0.4, 0.5) is 11.4 Å². The maximum absolute atomic E-state index is 9.93. The fraction of sp³-hybridized carbons (Fsp3) is 0.263. The van der Waals surface area contributed by atoms with Gasteiger partial charge in [-0.1, -0.05) is 18.2 Å². The van der Waals surface area contributed by atoms with E-state index in [0.29, 0.717) is 11.4 Å². The number of ether oxygens (including phenoxy) is 1. The Morgan fingerprint density at radius 2 is 1.91 bits per heavy atom. The Bertz CT molecular complexity index is 841. The number of anilines is 2. The van der Waals surface area contributed by atoms with Crippen LogP contribution in [0, 0.1) is 0 Å². The van der Waals surface area contributed by atoms with Crippen molar-refractivity contribution in [3.05, 3.63) is 53.6 Å². The zero-order valence-electron chi connectivity index (χ0n) is 13.5. The summed E-state index contributed by atoms with van der Waals surface area (Å²) in [6, 6.07) is 11.7. The van der Waals surface area contributed by atoms with Gasteiger partial charge in [0.1, 0.15) is 11.5 Å². The number of phenolic OH excluding ortho intramolecular Hbond substituents is 1. The van der Waals surface area contributed by atoms with Gasteiger partial charge in [-0.2, -0.15) is 0 Å². The Labute approximate surface area is 135 Å². The van der Waals surface area contributed by atoms with E-state index in [9.17, 15) is 5.11 Å². The number of hydrogen-bond acceptors (Lipinski definition) is 4. The summed E-state index contributed by atoms with van der Waals surface area (Å²) in [7, 11) is 2.04. The van der Waals surface area contributed by atoms with Gasteiger partial charge in [-0.25, -0.2) is 0 Å². The maximum atomic E-state index is 9.93. The van der Waals surface area contributed by atoms with Crippen LogP contribution in [-0.2, 0) is 5.41 Å². The molecular formula is C19H20N2O2. The molecule has 2 heterocycles. The van der Waals surface area contributed by atoms with Gasteiger partial charge in [0.2, 0.25) is 5.72 Å². The minimum absolute atomic E-state index is 0.0465. The van der Waals surface area contributed by atoms with Crippen molar-refractivity contribution in [3.63, 3.8) is 0 Å². The number of aromatic hydroxyl groups is 1. The molecule has 4 rings (SSSR count). The molecule has 0 radical (unpaired) electrons. The number of nitrogen functional groups attached to an aromatic ring is 1. The highest BCUT2D eigenvalue weighted by Gasteiger charge is 2.57. The predicted octanol–water partition coefficient (Wildman–Crippen LogP) is 3.50. The summed E-state index contributed by atoms with van der Waals surface area (Å²) in [5.74, 6) is 0.692. The van der Waals surface area contributed by atoms with E-state index in [1.165, 1.54) is 5.56 Å². The lowest BCUT2D eigenvalue weighted by Gasteiger charge is -2.45. The molecule has 0 amide bonds. The molecule has 23 heavy (non-hydrogen) atoms. The van der Waals surface area contributed by atoms with Crippen LogP contribution in [-0.4, -0.2) is 17.9 Å². The average Bonchev–Trinajstić information content (AvgIpc) is 2.69. The summed E-state index contributed by atoms with van der Waals surface area (Å²) in [5, 5.41) is 9.93. The first kappa shape index (κ1) is 14.0. The first-order chi connectivity index (χ1) is 10.9. The highest BCUT2D eigenvalue weighted by atomic mass is 16.5. The SMILES string of the molecule is CN1c2ccccc2C(C)(C)C12C=Cc1cc(N)c(O)cc1O2. The molecule has 2 aromatic carbocycles. The van der Waals surface area contributed by atoms with Crippen LogP contribution in [0.2, 0.25) is 0 Å². The van der Waals surface area contributed by atoms with E-state index < -0.39 is 5.72 Å². The number of benzene rings is 2. The monoisotopic (exact) mass is 308 g/mol. The molecule has 2 aliphatic heterocycles. The maximum Gasteiger partial charge on any atom is 0.211 e. The van der Waals surface area contributed by atoms with E-state index in [1.807, 2.05) is 19.2 Å². The van der Waals surface area contributed by atoms with Crippen LogP contribution in [0.1, 0.15) is 25.0 Å². The molecule has 3 N–H and O–H groups in total. The molecule has 2 aromatic rings. The number of hydrogen-bond donors (Lipinski definition) is 2. The average molecular weight is 308 g/mol. The molecular weight excluding hydrogens is 288 g/mol. The number of para-hydroxylation sites is 1. The zero-order chi connectivity index (χ0) is 16.4. The van der Waals surface area contributed by atoms with Crippen LogP contribution in [0.15, 0.2) is 42.5 Å². The Balaban J connectivity index is 1.90. The number of likely N-dealkylation sites (N-methyl/N-ethyl adjacent to an activating group) is 1. The second-order valence-corrected chi connectivity index (χ2v) is 6.78. The van der Waals surface area contributed by atoms with Crippen molar-refractivity contribution in [3.8, 4) is 11.5 Å². The van der Waals surface area contributed by atoms with E-state index in [2.05, 4.69) is 43.0 Å². The topological polar surface area (TPSA) is 58.7 Å². The molecule has 0 saturated heterocycles. The largest absolute Gasteiger partial charge is 0.506 e. The molecule has 1 spiro atoms. The molecule has 4 heteroatoms. The Hall–Kier alpha value is -2.62. The number of nitrogens with zero attached hydrogens (tertiary/aromatic N) is 1. The molecule has 2 aliphatic rings. The van der Waals surface area contributed by atoms with Crippen molar-refractivity contribution in [2.24, 2.45) is 0 Å². The number of fused-ring (bicyclic) bond motifs is 2. The quantitative estimate of drug-likeness (QED) is 0.577. The lowest BCUT2D eigenvalue weighted by atomic mass is 9.76. The summed E-state index contributed by atoms with van der Waals surface area (Å²) < 4.78 is 6.45. The van der Waals surface area contributed by atoms with Crippen molar-refractivity contribution >= 4 is 17.5 Å². The summed E-state index contributed by atoms with van der Waals surface area (Å²) in [4.78, 5) is 2.16.